The molecule has 0 saturated carbocycles. The highest BCUT2D eigenvalue weighted by atomic mass is 16.5. The molecule has 0 heterocycles. The van der Waals surface area contributed by atoms with Gasteiger partial charge < -0.3 is 9.84 Å². The highest BCUT2D eigenvalue weighted by Gasteiger charge is 2.35. The Kier molecular flexibility index (Phi) is 8.26. The van der Waals surface area contributed by atoms with Gasteiger partial charge in [0.25, 0.3) is 0 Å². The zero-order valence-corrected chi connectivity index (χ0v) is 10.9. The van der Waals surface area contributed by atoms with E-state index in [0.717, 1.165) is 51.6 Å². The predicted octanol–water partition coefficient (Wildman–Crippen LogP) is 3.47. The Bertz CT molecular complexity index is 192. The normalized spacial score (nSPS) is 14.7. The van der Waals surface area contributed by atoms with Gasteiger partial charge in [-0.2, -0.15) is 0 Å². The largest absolute Gasteiger partial charge is 0.481 e. The molecule has 0 rings (SSSR count). The summed E-state index contributed by atoms with van der Waals surface area (Å²) in [5.74, 6) is -0.624. The van der Waals surface area contributed by atoms with Crippen molar-refractivity contribution in [2.45, 2.75) is 58.8 Å². The predicted molar refractivity (Wildman–Crippen MR) is 65.6 cm³/mol. The fourth-order valence-corrected chi connectivity index (χ4v) is 2.07. The third-order valence-electron chi connectivity index (χ3n) is 3.39. The summed E-state index contributed by atoms with van der Waals surface area (Å²) in [5.41, 5.74) is -0.496. The van der Waals surface area contributed by atoms with E-state index in [1.54, 1.807) is 7.11 Å². The van der Waals surface area contributed by atoms with Gasteiger partial charge in [0, 0.05) is 13.7 Å². The minimum atomic E-state index is -0.624. The fourth-order valence-electron chi connectivity index (χ4n) is 2.07. The van der Waals surface area contributed by atoms with Gasteiger partial charge in [-0.15, -0.1) is 0 Å². The first-order valence-corrected chi connectivity index (χ1v) is 6.35. The Morgan fingerprint density at radius 3 is 2.25 bits per heavy atom. The smallest absolute Gasteiger partial charge is 0.309 e. The molecule has 0 aliphatic carbocycles. The quantitative estimate of drug-likeness (QED) is 0.584. The lowest BCUT2D eigenvalue weighted by Gasteiger charge is -2.28. The monoisotopic (exact) mass is 230 g/mol. The van der Waals surface area contributed by atoms with E-state index in [4.69, 9.17) is 4.74 Å². The van der Waals surface area contributed by atoms with Crippen LogP contribution in [0.2, 0.25) is 0 Å². The van der Waals surface area contributed by atoms with E-state index in [0.29, 0.717) is 0 Å². The SMILES string of the molecule is CCCCC(CC)(CCCCOC)C(=O)O. The lowest BCUT2D eigenvalue weighted by molar-refractivity contribution is -0.150. The third-order valence-corrected chi connectivity index (χ3v) is 3.39. The van der Waals surface area contributed by atoms with Crippen LogP contribution in [0.5, 0.6) is 0 Å². The van der Waals surface area contributed by atoms with Crippen LogP contribution in [0.25, 0.3) is 0 Å². The van der Waals surface area contributed by atoms with E-state index < -0.39 is 11.4 Å². The highest BCUT2D eigenvalue weighted by molar-refractivity contribution is 5.74. The van der Waals surface area contributed by atoms with E-state index in [1.165, 1.54) is 0 Å². The summed E-state index contributed by atoms with van der Waals surface area (Å²) in [4.78, 5) is 11.4. The van der Waals surface area contributed by atoms with Crippen molar-refractivity contribution < 1.29 is 14.6 Å². The number of carbonyl (C=O) groups is 1. The van der Waals surface area contributed by atoms with Gasteiger partial charge in [0.2, 0.25) is 0 Å². The second-order valence-corrected chi connectivity index (χ2v) is 4.49. The number of unbranched alkanes of at least 4 members (excludes halogenated alkanes) is 2. The number of hydrogen-bond donors (Lipinski definition) is 1. The Morgan fingerprint density at radius 2 is 1.81 bits per heavy atom. The zero-order chi connectivity index (χ0) is 12.4. The van der Waals surface area contributed by atoms with Gasteiger partial charge in [-0.25, -0.2) is 0 Å². The first-order valence-electron chi connectivity index (χ1n) is 6.35. The van der Waals surface area contributed by atoms with Gasteiger partial charge in [0.15, 0.2) is 0 Å². The first kappa shape index (κ1) is 15.4. The molecule has 1 atom stereocenters. The lowest BCUT2D eigenvalue weighted by Crippen LogP contribution is -2.30. The van der Waals surface area contributed by atoms with Crippen LogP contribution in [0.4, 0.5) is 0 Å². The molecular weight excluding hydrogens is 204 g/mol. The van der Waals surface area contributed by atoms with Gasteiger partial charge >= 0.3 is 5.97 Å². The number of hydrogen-bond acceptors (Lipinski definition) is 2. The Labute approximate surface area is 99.2 Å². The van der Waals surface area contributed by atoms with Gasteiger partial charge in [0.1, 0.15) is 0 Å². The Morgan fingerprint density at radius 1 is 1.19 bits per heavy atom. The molecule has 0 amide bonds. The maximum atomic E-state index is 11.4. The standard InChI is InChI=1S/C13H26O3/c1-4-6-9-13(5-2,12(14)15)10-7-8-11-16-3/h4-11H2,1-3H3,(H,14,15). The molecule has 0 bridgehead atoms. The van der Waals surface area contributed by atoms with Crippen LogP contribution in [0.15, 0.2) is 0 Å². The van der Waals surface area contributed by atoms with E-state index in [2.05, 4.69) is 6.92 Å². The van der Waals surface area contributed by atoms with Crippen LogP contribution in [0, 0.1) is 5.41 Å². The van der Waals surface area contributed by atoms with E-state index >= 15 is 0 Å². The van der Waals surface area contributed by atoms with Crippen molar-refractivity contribution in [2.24, 2.45) is 5.41 Å². The van der Waals surface area contributed by atoms with Crippen molar-refractivity contribution in [3.05, 3.63) is 0 Å². The van der Waals surface area contributed by atoms with Crippen molar-refractivity contribution in [3.63, 3.8) is 0 Å². The number of carboxylic acids is 1. The topological polar surface area (TPSA) is 46.5 Å². The second kappa shape index (κ2) is 8.57. The fraction of sp³-hybridized carbons (Fsp3) is 0.923. The van der Waals surface area contributed by atoms with Crippen LogP contribution in [0.3, 0.4) is 0 Å². The molecular formula is C13H26O3. The van der Waals surface area contributed by atoms with Gasteiger partial charge in [-0.3, -0.25) is 4.79 Å². The van der Waals surface area contributed by atoms with Crippen LogP contribution in [-0.4, -0.2) is 24.8 Å². The van der Waals surface area contributed by atoms with Crippen molar-refractivity contribution >= 4 is 5.97 Å². The number of aliphatic carboxylic acids is 1. The number of methoxy groups -OCH3 is 1. The van der Waals surface area contributed by atoms with E-state index in [9.17, 15) is 9.90 Å². The summed E-state index contributed by atoms with van der Waals surface area (Å²) in [5, 5.41) is 9.38. The molecule has 1 N–H and O–H groups in total. The molecule has 0 aliphatic heterocycles. The molecule has 16 heavy (non-hydrogen) atoms. The average molecular weight is 230 g/mol. The molecule has 3 nitrogen and oxygen atoms in total. The molecule has 0 fully saturated rings. The summed E-state index contributed by atoms with van der Waals surface area (Å²) < 4.78 is 4.98. The molecule has 0 aromatic rings. The highest BCUT2D eigenvalue weighted by Crippen LogP contribution is 2.34. The molecule has 0 saturated heterocycles. The first-order chi connectivity index (χ1) is 7.63. The molecule has 96 valence electrons. The second-order valence-electron chi connectivity index (χ2n) is 4.49. The maximum absolute atomic E-state index is 11.4. The van der Waals surface area contributed by atoms with Crippen LogP contribution >= 0.6 is 0 Å². The summed E-state index contributed by atoms with van der Waals surface area (Å²) >= 11 is 0. The van der Waals surface area contributed by atoms with Crippen molar-refractivity contribution in [1.82, 2.24) is 0 Å². The molecule has 0 aromatic heterocycles. The minimum absolute atomic E-state index is 0.496. The summed E-state index contributed by atoms with van der Waals surface area (Å²) in [6.07, 6.45) is 6.28. The molecule has 0 aromatic carbocycles. The molecule has 1 unspecified atom stereocenters. The van der Waals surface area contributed by atoms with Gasteiger partial charge in [-0.1, -0.05) is 33.1 Å². The minimum Gasteiger partial charge on any atom is -0.481 e. The summed E-state index contributed by atoms with van der Waals surface area (Å²) in [6.45, 7) is 4.82. The summed E-state index contributed by atoms with van der Waals surface area (Å²) in [7, 11) is 1.68. The molecule has 0 aliphatic rings. The number of carboxylic acid groups (broad SMARTS) is 1. The molecule has 0 radical (unpaired) electrons. The average Bonchev–Trinajstić information content (AvgIpc) is 2.28. The van der Waals surface area contributed by atoms with Crippen molar-refractivity contribution in [3.8, 4) is 0 Å². The maximum Gasteiger partial charge on any atom is 0.309 e. The Balaban J connectivity index is 4.22. The zero-order valence-electron chi connectivity index (χ0n) is 10.9. The molecule has 0 spiro atoms. The Hall–Kier alpha value is -0.570. The van der Waals surface area contributed by atoms with Gasteiger partial charge in [0.05, 0.1) is 5.41 Å². The van der Waals surface area contributed by atoms with Crippen LogP contribution in [-0.2, 0) is 9.53 Å². The number of ether oxygens (including phenoxy) is 1. The lowest BCUT2D eigenvalue weighted by atomic mass is 9.76. The molecule has 3 heteroatoms. The van der Waals surface area contributed by atoms with Crippen LogP contribution in [0.1, 0.15) is 58.8 Å². The van der Waals surface area contributed by atoms with Crippen molar-refractivity contribution in [1.29, 1.82) is 0 Å². The van der Waals surface area contributed by atoms with Crippen LogP contribution < -0.4 is 0 Å². The van der Waals surface area contributed by atoms with E-state index in [1.807, 2.05) is 6.92 Å². The van der Waals surface area contributed by atoms with E-state index in [-0.39, 0.29) is 0 Å². The summed E-state index contributed by atoms with van der Waals surface area (Å²) in [6, 6.07) is 0. The van der Waals surface area contributed by atoms with Gasteiger partial charge in [-0.05, 0) is 25.7 Å². The third kappa shape index (κ3) is 4.97. The van der Waals surface area contributed by atoms with Crippen molar-refractivity contribution in [2.75, 3.05) is 13.7 Å². The number of rotatable bonds is 10.